The smallest absolute Gasteiger partial charge is 0.323 e. The summed E-state index contributed by atoms with van der Waals surface area (Å²) in [5.74, 6) is -0.364. The number of azo groups is 1. The van der Waals surface area contributed by atoms with Crippen molar-refractivity contribution in [3.05, 3.63) is 77.4 Å². The Labute approximate surface area is 179 Å². The van der Waals surface area contributed by atoms with Crippen molar-refractivity contribution in [2.75, 3.05) is 10.6 Å². The van der Waals surface area contributed by atoms with Crippen LogP contribution in [0.1, 0.15) is 28.4 Å². The molecule has 0 aliphatic carbocycles. The van der Waals surface area contributed by atoms with Gasteiger partial charge in [-0.05, 0) is 62.4 Å². The zero-order valence-corrected chi connectivity index (χ0v) is 17.1. The van der Waals surface area contributed by atoms with E-state index in [1.807, 2.05) is 19.1 Å². The minimum Gasteiger partial charge on any atom is -0.507 e. The van der Waals surface area contributed by atoms with Crippen LogP contribution >= 0.6 is 0 Å². The second-order valence-electron chi connectivity index (χ2n) is 6.90. The van der Waals surface area contributed by atoms with Crippen molar-refractivity contribution < 1.29 is 19.8 Å². The lowest BCUT2D eigenvalue weighted by Gasteiger charge is -2.11. The number of ketones is 1. The van der Waals surface area contributed by atoms with Crippen LogP contribution in [0.2, 0.25) is 0 Å². The predicted molar refractivity (Wildman–Crippen MR) is 118 cm³/mol. The number of hydrogen-bond acceptors (Lipinski definition) is 6. The Morgan fingerprint density at radius 1 is 0.903 bits per heavy atom. The second-order valence-corrected chi connectivity index (χ2v) is 6.90. The molecule has 3 rings (SSSR count). The molecule has 3 aromatic rings. The van der Waals surface area contributed by atoms with Crippen molar-refractivity contribution in [1.29, 1.82) is 0 Å². The predicted octanol–water partition coefficient (Wildman–Crippen LogP) is 5.45. The molecular weight excluding hydrogens is 396 g/mol. The van der Waals surface area contributed by atoms with Crippen molar-refractivity contribution in [3.63, 3.8) is 0 Å². The molecule has 0 heterocycles. The van der Waals surface area contributed by atoms with Crippen LogP contribution in [0.5, 0.6) is 5.75 Å². The van der Waals surface area contributed by atoms with Gasteiger partial charge in [-0.3, -0.25) is 4.79 Å². The molecule has 31 heavy (non-hydrogen) atoms. The Kier molecular flexibility index (Phi) is 6.74. The van der Waals surface area contributed by atoms with Gasteiger partial charge in [-0.2, -0.15) is 10.2 Å². The first kappa shape index (κ1) is 21.7. The third-order valence-corrected chi connectivity index (χ3v) is 4.44. The number of aliphatic hydroxyl groups is 1. The SMILES string of the molecule is CC(=O)c1cc(N=Nc2ccc(NC(=O)Nc3ccc(C)cc3CO)cc2)ccc1O. The number of nitrogens with one attached hydrogen (secondary N) is 2. The van der Waals surface area contributed by atoms with Crippen LogP contribution in [0.3, 0.4) is 0 Å². The van der Waals surface area contributed by atoms with E-state index in [2.05, 4.69) is 20.9 Å². The Morgan fingerprint density at radius 3 is 2.26 bits per heavy atom. The summed E-state index contributed by atoms with van der Waals surface area (Å²) in [5, 5.41) is 32.7. The van der Waals surface area contributed by atoms with E-state index in [-0.39, 0.29) is 23.7 Å². The molecule has 158 valence electrons. The molecule has 0 bridgehead atoms. The summed E-state index contributed by atoms with van der Waals surface area (Å²) >= 11 is 0. The number of anilines is 2. The number of benzene rings is 3. The first-order valence-corrected chi connectivity index (χ1v) is 9.50. The number of urea groups is 1. The van der Waals surface area contributed by atoms with Crippen LogP contribution in [-0.2, 0) is 6.61 Å². The molecule has 0 saturated heterocycles. The maximum absolute atomic E-state index is 12.3. The number of carbonyl (C=O) groups is 2. The van der Waals surface area contributed by atoms with Crippen LogP contribution in [-0.4, -0.2) is 22.0 Å². The van der Waals surface area contributed by atoms with Crippen LogP contribution in [0.15, 0.2) is 70.9 Å². The first-order valence-electron chi connectivity index (χ1n) is 9.50. The number of phenols is 1. The largest absolute Gasteiger partial charge is 0.507 e. The van der Waals surface area contributed by atoms with E-state index >= 15 is 0 Å². The summed E-state index contributed by atoms with van der Waals surface area (Å²) in [6, 6.07) is 16.1. The van der Waals surface area contributed by atoms with Crippen LogP contribution in [0.4, 0.5) is 27.5 Å². The zero-order chi connectivity index (χ0) is 22.4. The maximum atomic E-state index is 12.3. The molecule has 8 nitrogen and oxygen atoms in total. The van der Waals surface area contributed by atoms with E-state index in [9.17, 15) is 19.8 Å². The molecule has 0 aliphatic rings. The van der Waals surface area contributed by atoms with Crippen LogP contribution < -0.4 is 10.6 Å². The third-order valence-electron chi connectivity index (χ3n) is 4.44. The summed E-state index contributed by atoms with van der Waals surface area (Å²) < 4.78 is 0. The summed E-state index contributed by atoms with van der Waals surface area (Å²) in [4.78, 5) is 23.8. The number of carbonyl (C=O) groups excluding carboxylic acids is 2. The van der Waals surface area contributed by atoms with Gasteiger partial charge in [0, 0.05) is 16.9 Å². The Morgan fingerprint density at radius 2 is 1.58 bits per heavy atom. The van der Waals surface area contributed by atoms with E-state index in [4.69, 9.17) is 0 Å². The van der Waals surface area contributed by atoms with Gasteiger partial charge in [-0.1, -0.05) is 17.7 Å². The zero-order valence-electron chi connectivity index (χ0n) is 17.1. The number of amides is 2. The van der Waals surface area contributed by atoms with Gasteiger partial charge in [0.2, 0.25) is 0 Å². The average molecular weight is 418 g/mol. The van der Waals surface area contributed by atoms with Gasteiger partial charge >= 0.3 is 6.03 Å². The van der Waals surface area contributed by atoms with Gasteiger partial charge in [0.25, 0.3) is 0 Å². The van der Waals surface area contributed by atoms with E-state index in [0.717, 1.165) is 5.56 Å². The normalized spacial score (nSPS) is 10.8. The standard InChI is InChI=1S/C23H22N4O4/c1-14-3-9-21(16(11-14)13-28)25-23(31)24-17-4-6-18(7-5-17)26-27-19-8-10-22(30)20(12-19)15(2)29/h3-12,28,30H,13H2,1-2H3,(H2,24,25,31). The summed E-state index contributed by atoms with van der Waals surface area (Å²) in [6.45, 7) is 3.10. The Balaban J connectivity index is 1.64. The molecule has 4 N–H and O–H groups in total. The molecule has 0 aromatic heterocycles. The van der Waals surface area contributed by atoms with Crippen molar-refractivity contribution in [1.82, 2.24) is 0 Å². The van der Waals surface area contributed by atoms with Crippen molar-refractivity contribution >= 4 is 34.6 Å². The Hall–Kier alpha value is -4.04. The van der Waals surface area contributed by atoms with Gasteiger partial charge < -0.3 is 20.8 Å². The Bertz CT molecular complexity index is 1140. The maximum Gasteiger partial charge on any atom is 0.323 e. The lowest BCUT2D eigenvalue weighted by atomic mass is 10.1. The lowest BCUT2D eigenvalue weighted by molar-refractivity contribution is 0.101. The first-order chi connectivity index (χ1) is 14.9. The number of phenolic OH excluding ortho intramolecular Hbond substituents is 1. The van der Waals surface area contributed by atoms with Crippen molar-refractivity contribution in [2.45, 2.75) is 20.5 Å². The van der Waals surface area contributed by atoms with Crippen molar-refractivity contribution in [2.24, 2.45) is 10.2 Å². The molecule has 3 aromatic carbocycles. The summed E-state index contributed by atoms with van der Waals surface area (Å²) in [6.07, 6.45) is 0. The molecule has 0 unspecified atom stereocenters. The highest BCUT2D eigenvalue weighted by Gasteiger charge is 2.08. The van der Waals surface area contributed by atoms with Crippen LogP contribution in [0.25, 0.3) is 0 Å². The molecule has 0 saturated carbocycles. The molecule has 0 spiro atoms. The lowest BCUT2D eigenvalue weighted by Crippen LogP contribution is -2.20. The van der Waals surface area contributed by atoms with Gasteiger partial charge in [-0.15, -0.1) is 0 Å². The fraction of sp³-hybridized carbons (Fsp3) is 0.130. The fourth-order valence-corrected chi connectivity index (χ4v) is 2.86. The van der Waals surface area contributed by atoms with Gasteiger partial charge in [0.15, 0.2) is 5.78 Å². The number of aromatic hydroxyl groups is 1. The highest BCUT2D eigenvalue weighted by molar-refractivity contribution is 6.00. The summed E-state index contributed by atoms with van der Waals surface area (Å²) in [5.41, 5.74) is 3.87. The molecule has 8 heteroatoms. The van der Waals surface area contributed by atoms with E-state index in [1.165, 1.54) is 19.1 Å². The third kappa shape index (κ3) is 5.74. The minimum atomic E-state index is -0.436. The van der Waals surface area contributed by atoms with Crippen molar-refractivity contribution in [3.8, 4) is 5.75 Å². The number of aryl methyl sites for hydroxylation is 1. The molecule has 0 radical (unpaired) electrons. The van der Waals surface area contributed by atoms with Gasteiger partial charge in [0.05, 0.1) is 23.5 Å². The number of rotatable bonds is 6. The molecule has 0 atom stereocenters. The van der Waals surface area contributed by atoms with E-state index in [1.54, 1.807) is 36.4 Å². The molecule has 2 amide bonds. The number of hydrogen-bond donors (Lipinski definition) is 4. The monoisotopic (exact) mass is 418 g/mol. The fourth-order valence-electron chi connectivity index (χ4n) is 2.86. The summed E-state index contributed by atoms with van der Waals surface area (Å²) in [7, 11) is 0. The van der Waals surface area contributed by atoms with E-state index in [0.29, 0.717) is 28.3 Å². The number of nitrogens with zero attached hydrogens (tertiary/aromatic N) is 2. The average Bonchev–Trinajstić information content (AvgIpc) is 2.75. The topological polar surface area (TPSA) is 123 Å². The number of Topliss-reactive ketones (excluding diaryl/α,β-unsaturated/α-hetero) is 1. The highest BCUT2D eigenvalue weighted by Crippen LogP contribution is 2.26. The van der Waals surface area contributed by atoms with E-state index < -0.39 is 6.03 Å². The molecular formula is C23H22N4O4. The minimum absolute atomic E-state index is 0.100. The van der Waals surface area contributed by atoms with Gasteiger partial charge in [-0.25, -0.2) is 4.79 Å². The quantitative estimate of drug-likeness (QED) is 0.314. The highest BCUT2D eigenvalue weighted by atomic mass is 16.3. The second kappa shape index (κ2) is 9.64. The number of aliphatic hydroxyl groups excluding tert-OH is 1. The molecule has 0 fully saturated rings. The van der Waals surface area contributed by atoms with Crippen LogP contribution in [0, 0.1) is 6.92 Å². The molecule has 0 aliphatic heterocycles. The van der Waals surface area contributed by atoms with Gasteiger partial charge in [0.1, 0.15) is 5.75 Å².